The first kappa shape index (κ1) is 11.1. The van der Waals surface area contributed by atoms with Gasteiger partial charge in [0.25, 0.3) is 0 Å². The predicted octanol–water partition coefficient (Wildman–Crippen LogP) is 3.09. The molecule has 0 saturated carbocycles. The van der Waals surface area contributed by atoms with E-state index in [0.29, 0.717) is 5.75 Å². The summed E-state index contributed by atoms with van der Waals surface area (Å²) < 4.78 is 5.45. The van der Waals surface area contributed by atoms with Gasteiger partial charge < -0.3 is 4.74 Å². The van der Waals surface area contributed by atoms with Gasteiger partial charge in [0.05, 0.1) is 11.1 Å². The Labute approximate surface area is 97.8 Å². The number of hydrogen-bond acceptors (Lipinski definition) is 4. The first-order valence-electron chi connectivity index (χ1n) is 5.00. The molecule has 1 aromatic carbocycles. The summed E-state index contributed by atoms with van der Waals surface area (Å²) >= 11 is 0. The molecule has 0 bridgehead atoms. The third kappa shape index (κ3) is 2.57. The van der Waals surface area contributed by atoms with Crippen LogP contribution >= 0.6 is 0 Å². The van der Waals surface area contributed by atoms with Crippen LogP contribution in [0, 0.1) is 17.0 Å². The largest absolute Gasteiger partial charge is 0.448 e. The number of rotatable bonds is 3. The molecular formula is C12H10N2O3. The Kier molecular flexibility index (Phi) is 3.00. The average molecular weight is 230 g/mol. The van der Waals surface area contributed by atoms with Crippen LogP contribution in [-0.4, -0.2) is 9.91 Å². The molecule has 17 heavy (non-hydrogen) atoms. The van der Waals surface area contributed by atoms with Gasteiger partial charge in [-0.2, -0.15) is 0 Å². The summed E-state index contributed by atoms with van der Waals surface area (Å²) in [5, 5.41) is 10.8. The number of nitro groups is 1. The third-order valence-electron chi connectivity index (χ3n) is 2.17. The quantitative estimate of drug-likeness (QED) is 0.600. The highest BCUT2D eigenvalue weighted by Gasteiger charge is 2.15. The number of aromatic nitrogens is 1. The van der Waals surface area contributed by atoms with Crippen LogP contribution in [0.3, 0.4) is 0 Å². The van der Waals surface area contributed by atoms with E-state index in [-0.39, 0.29) is 11.4 Å². The number of nitrogens with zero attached hydrogens (tertiary/aromatic N) is 2. The molecule has 0 unspecified atom stereocenters. The van der Waals surface area contributed by atoms with E-state index in [2.05, 4.69) is 4.98 Å². The Balaban J connectivity index is 2.37. The van der Waals surface area contributed by atoms with Crippen molar-refractivity contribution in [1.82, 2.24) is 4.98 Å². The average Bonchev–Trinajstić information content (AvgIpc) is 2.30. The first-order valence-corrected chi connectivity index (χ1v) is 5.00. The molecule has 0 saturated heterocycles. The van der Waals surface area contributed by atoms with Crippen molar-refractivity contribution in [2.45, 2.75) is 6.92 Å². The van der Waals surface area contributed by atoms with E-state index in [0.717, 1.165) is 5.56 Å². The van der Waals surface area contributed by atoms with E-state index in [1.165, 1.54) is 12.3 Å². The van der Waals surface area contributed by atoms with Gasteiger partial charge in [-0.05, 0) is 30.7 Å². The van der Waals surface area contributed by atoms with Crippen molar-refractivity contribution >= 4 is 5.69 Å². The standard InChI is InChI=1S/C12H10N2O3/c1-9-4-5-11(14(15)16)12(7-9)17-10-3-2-6-13-8-10/h2-8H,1H3. The van der Waals surface area contributed by atoms with Crippen molar-refractivity contribution in [2.24, 2.45) is 0 Å². The maximum Gasteiger partial charge on any atom is 0.311 e. The van der Waals surface area contributed by atoms with Gasteiger partial charge in [0.2, 0.25) is 5.75 Å². The maximum atomic E-state index is 10.8. The van der Waals surface area contributed by atoms with Crippen LogP contribution in [0.25, 0.3) is 0 Å². The highest BCUT2D eigenvalue weighted by molar-refractivity contribution is 5.49. The molecule has 1 aromatic heterocycles. The van der Waals surface area contributed by atoms with Crippen molar-refractivity contribution in [3.05, 3.63) is 58.4 Å². The van der Waals surface area contributed by atoms with Crippen molar-refractivity contribution in [3.63, 3.8) is 0 Å². The Morgan fingerprint density at radius 1 is 1.35 bits per heavy atom. The lowest BCUT2D eigenvalue weighted by Crippen LogP contribution is -1.94. The van der Waals surface area contributed by atoms with Crippen molar-refractivity contribution in [3.8, 4) is 11.5 Å². The summed E-state index contributed by atoms with van der Waals surface area (Å²) in [6.45, 7) is 1.85. The fraction of sp³-hybridized carbons (Fsp3) is 0.0833. The molecule has 0 amide bonds. The van der Waals surface area contributed by atoms with Gasteiger partial charge in [-0.15, -0.1) is 0 Å². The van der Waals surface area contributed by atoms with Gasteiger partial charge in [-0.3, -0.25) is 15.1 Å². The lowest BCUT2D eigenvalue weighted by Gasteiger charge is -2.06. The number of ether oxygens (including phenoxy) is 1. The van der Waals surface area contributed by atoms with Gasteiger partial charge in [-0.25, -0.2) is 0 Å². The zero-order valence-corrected chi connectivity index (χ0v) is 9.16. The van der Waals surface area contributed by atoms with Gasteiger partial charge in [0.15, 0.2) is 0 Å². The second kappa shape index (κ2) is 4.61. The lowest BCUT2D eigenvalue weighted by molar-refractivity contribution is -0.385. The smallest absolute Gasteiger partial charge is 0.311 e. The van der Waals surface area contributed by atoms with Crippen LogP contribution < -0.4 is 4.74 Å². The molecule has 0 aliphatic carbocycles. The van der Waals surface area contributed by atoms with E-state index in [4.69, 9.17) is 4.74 Å². The molecule has 2 aromatic rings. The highest BCUT2D eigenvalue weighted by atomic mass is 16.6. The van der Waals surface area contributed by atoms with E-state index >= 15 is 0 Å². The summed E-state index contributed by atoms with van der Waals surface area (Å²) in [7, 11) is 0. The zero-order chi connectivity index (χ0) is 12.3. The molecule has 5 heteroatoms. The monoisotopic (exact) mass is 230 g/mol. The second-order valence-corrected chi connectivity index (χ2v) is 3.52. The molecule has 0 spiro atoms. The predicted molar refractivity (Wildman–Crippen MR) is 62.1 cm³/mol. The number of pyridine rings is 1. The van der Waals surface area contributed by atoms with Crippen molar-refractivity contribution in [1.29, 1.82) is 0 Å². The molecule has 1 heterocycles. The summed E-state index contributed by atoms with van der Waals surface area (Å²) in [4.78, 5) is 14.2. The lowest BCUT2D eigenvalue weighted by atomic mass is 10.2. The molecule has 0 fully saturated rings. The fourth-order valence-corrected chi connectivity index (χ4v) is 1.39. The molecule has 0 atom stereocenters. The Morgan fingerprint density at radius 3 is 2.82 bits per heavy atom. The normalized spacial score (nSPS) is 9.94. The molecule has 5 nitrogen and oxygen atoms in total. The molecule has 0 aliphatic heterocycles. The zero-order valence-electron chi connectivity index (χ0n) is 9.16. The van der Waals surface area contributed by atoms with E-state index in [1.54, 1.807) is 30.5 Å². The van der Waals surface area contributed by atoms with Crippen LogP contribution in [0.4, 0.5) is 5.69 Å². The van der Waals surface area contributed by atoms with Crippen molar-refractivity contribution < 1.29 is 9.66 Å². The molecule has 86 valence electrons. The molecule has 0 aliphatic rings. The summed E-state index contributed by atoms with van der Waals surface area (Å²) in [5.41, 5.74) is 0.842. The SMILES string of the molecule is Cc1ccc([N+](=O)[O-])c(Oc2cccnc2)c1. The number of aryl methyl sites for hydroxylation is 1. The second-order valence-electron chi connectivity index (χ2n) is 3.52. The topological polar surface area (TPSA) is 65.3 Å². The van der Waals surface area contributed by atoms with E-state index in [1.807, 2.05) is 6.92 Å². The summed E-state index contributed by atoms with van der Waals surface area (Å²) in [5.74, 6) is 0.698. The van der Waals surface area contributed by atoms with Crippen molar-refractivity contribution in [2.75, 3.05) is 0 Å². The molecule has 2 rings (SSSR count). The van der Waals surface area contributed by atoms with E-state index < -0.39 is 4.92 Å². The van der Waals surface area contributed by atoms with E-state index in [9.17, 15) is 10.1 Å². The van der Waals surface area contributed by atoms with Crippen LogP contribution in [-0.2, 0) is 0 Å². The minimum atomic E-state index is -0.467. The minimum absolute atomic E-state index is 0.0561. The fourth-order valence-electron chi connectivity index (χ4n) is 1.39. The maximum absolute atomic E-state index is 10.8. The molecular weight excluding hydrogens is 220 g/mol. The van der Waals surface area contributed by atoms with Gasteiger partial charge >= 0.3 is 5.69 Å². The van der Waals surface area contributed by atoms with Gasteiger partial charge in [-0.1, -0.05) is 6.07 Å². The Hall–Kier alpha value is -2.43. The number of nitro benzene ring substituents is 1. The van der Waals surface area contributed by atoms with Crippen LogP contribution in [0.2, 0.25) is 0 Å². The Morgan fingerprint density at radius 2 is 2.18 bits per heavy atom. The van der Waals surface area contributed by atoms with Crippen LogP contribution in [0.1, 0.15) is 5.56 Å². The first-order chi connectivity index (χ1) is 8.16. The van der Waals surface area contributed by atoms with Gasteiger partial charge in [0.1, 0.15) is 5.75 Å². The molecule has 0 radical (unpaired) electrons. The number of hydrogen-bond donors (Lipinski definition) is 0. The minimum Gasteiger partial charge on any atom is -0.448 e. The van der Waals surface area contributed by atoms with Crippen LogP contribution in [0.5, 0.6) is 11.5 Å². The number of benzene rings is 1. The molecule has 0 N–H and O–H groups in total. The third-order valence-corrected chi connectivity index (χ3v) is 2.17. The summed E-state index contributed by atoms with van der Waals surface area (Å²) in [6.07, 6.45) is 3.11. The van der Waals surface area contributed by atoms with Gasteiger partial charge in [0, 0.05) is 12.3 Å². The Bertz CT molecular complexity index is 541. The summed E-state index contributed by atoms with van der Waals surface area (Å²) in [6, 6.07) is 8.14. The van der Waals surface area contributed by atoms with Crippen LogP contribution in [0.15, 0.2) is 42.7 Å². The highest BCUT2D eigenvalue weighted by Crippen LogP contribution is 2.31.